The number of amides is 1. The van der Waals surface area contributed by atoms with Gasteiger partial charge in [-0.05, 0) is 50.5 Å². The normalized spacial score (nSPS) is 18.2. The molecule has 2 aliphatic rings. The Labute approximate surface area is 207 Å². The maximum atomic E-state index is 13.3. The van der Waals surface area contributed by atoms with Crippen LogP contribution in [-0.2, 0) is 11.4 Å². The molecule has 4 nitrogen and oxygen atoms in total. The Balaban J connectivity index is 1.62. The summed E-state index contributed by atoms with van der Waals surface area (Å²) in [5.74, 6) is 0.824. The number of benzene rings is 2. The van der Waals surface area contributed by atoms with Gasteiger partial charge in [0.15, 0.2) is 0 Å². The summed E-state index contributed by atoms with van der Waals surface area (Å²) in [5, 5.41) is 0. The van der Waals surface area contributed by atoms with Crippen molar-refractivity contribution < 1.29 is 9.53 Å². The standard InChI is InChI=1S/C27H32N2O2S2/c1-3-28(4-2)23-16-15-21(24(18-23)31-19-20-11-7-5-8-12-20)17-25-26(30)29(27(32)33-25)22-13-9-6-10-14-22/h5,7-8,11-12,15-18,22H,3-4,6,9-10,13-14,19H2,1-2H3/b25-17-. The lowest BCUT2D eigenvalue weighted by molar-refractivity contribution is -0.124. The van der Waals surface area contributed by atoms with E-state index in [-0.39, 0.29) is 11.9 Å². The highest BCUT2D eigenvalue weighted by Crippen LogP contribution is 2.39. The highest BCUT2D eigenvalue weighted by atomic mass is 32.2. The second-order valence-corrected chi connectivity index (χ2v) is 10.2. The number of carbonyl (C=O) groups excluding carboxylic acids is 1. The van der Waals surface area contributed by atoms with Crippen molar-refractivity contribution >= 4 is 46.0 Å². The van der Waals surface area contributed by atoms with Crippen molar-refractivity contribution in [1.82, 2.24) is 4.90 Å². The quantitative estimate of drug-likeness (QED) is 0.312. The van der Waals surface area contributed by atoms with Gasteiger partial charge in [-0.3, -0.25) is 9.69 Å². The Morgan fingerprint density at radius 2 is 1.82 bits per heavy atom. The first-order valence-corrected chi connectivity index (χ1v) is 13.2. The van der Waals surface area contributed by atoms with Gasteiger partial charge in [-0.25, -0.2) is 0 Å². The average molecular weight is 481 g/mol. The summed E-state index contributed by atoms with van der Waals surface area (Å²) in [6.45, 7) is 6.63. The second-order valence-electron chi connectivity index (χ2n) is 8.51. The van der Waals surface area contributed by atoms with E-state index in [1.54, 1.807) is 0 Å². The first-order valence-electron chi connectivity index (χ1n) is 11.9. The Morgan fingerprint density at radius 3 is 2.52 bits per heavy atom. The van der Waals surface area contributed by atoms with E-state index in [1.165, 1.54) is 31.0 Å². The van der Waals surface area contributed by atoms with E-state index in [4.69, 9.17) is 17.0 Å². The summed E-state index contributed by atoms with van der Waals surface area (Å²) in [7, 11) is 0. The van der Waals surface area contributed by atoms with Gasteiger partial charge in [0.1, 0.15) is 16.7 Å². The van der Waals surface area contributed by atoms with E-state index in [0.717, 1.165) is 48.5 Å². The molecule has 1 aliphatic heterocycles. The van der Waals surface area contributed by atoms with Gasteiger partial charge in [0.05, 0.1) is 4.91 Å². The molecule has 174 valence electrons. The maximum absolute atomic E-state index is 13.3. The lowest BCUT2D eigenvalue weighted by Crippen LogP contribution is -2.39. The largest absolute Gasteiger partial charge is 0.488 e. The predicted octanol–water partition coefficient (Wildman–Crippen LogP) is 6.65. The molecule has 0 aromatic heterocycles. The highest BCUT2D eigenvalue weighted by molar-refractivity contribution is 8.26. The molecule has 6 heteroatoms. The Kier molecular flexibility index (Phi) is 8.10. The van der Waals surface area contributed by atoms with Crippen LogP contribution in [0.25, 0.3) is 6.08 Å². The smallest absolute Gasteiger partial charge is 0.266 e. The lowest BCUT2D eigenvalue weighted by Gasteiger charge is -2.29. The molecule has 1 saturated heterocycles. The molecule has 1 aliphatic carbocycles. The van der Waals surface area contributed by atoms with Gasteiger partial charge in [0.2, 0.25) is 0 Å². The molecule has 0 radical (unpaired) electrons. The van der Waals surface area contributed by atoms with E-state index in [0.29, 0.717) is 15.8 Å². The topological polar surface area (TPSA) is 32.8 Å². The fraction of sp³-hybridized carbons (Fsp3) is 0.407. The van der Waals surface area contributed by atoms with Gasteiger partial charge in [0.25, 0.3) is 5.91 Å². The fourth-order valence-corrected chi connectivity index (χ4v) is 5.95. The Hall–Kier alpha value is -2.31. The highest BCUT2D eigenvalue weighted by Gasteiger charge is 2.37. The van der Waals surface area contributed by atoms with Crippen LogP contribution in [0.4, 0.5) is 5.69 Å². The fourth-order valence-electron chi connectivity index (χ4n) is 4.56. The van der Waals surface area contributed by atoms with Crippen LogP contribution in [-0.4, -0.2) is 34.3 Å². The molecular formula is C27H32N2O2S2. The number of hydrogen-bond acceptors (Lipinski definition) is 5. The zero-order valence-electron chi connectivity index (χ0n) is 19.5. The van der Waals surface area contributed by atoms with Crippen molar-refractivity contribution in [2.75, 3.05) is 18.0 Å². The number of anilines is 1. The molecule has 2 aromatic rings. The van der Waals surface area contributed by atoms with E-state index < -0.39 is 0 Å². The minimum atomic E-state index is 0.0405. The van der Waals surface area contributed by atoms with Crippen molar-refractivity contribution in [3.05, 3.63) is 64.6 Å². The van der Waals surface area contributed by atoms with Crippen LogP contribution < -0.4 is 9.64 Å². The summed E-state index contributed by atoms with van der Waals surface area (Å²) < 4.78 is 6.97. The third-order valence-corrected chi connectivity index (χ3v) is 7.74. The number of rotatable bonds is 8. The number of carbonyl (C=O) groups is 1. The van der Waals surface area contributed by atoms with Crippen LogP contribution in [0.2, 0.25) is 0 Å². The van der Waals surface area contributed by atoms with Gasteiger partial charge in [-0.1, -0.05) is 73.6 Å². The molecule has 0 atom stereocenters. The van der Waals surface area contributed by atoms with Crippen molar-refractivity contribution in [2.45, 2.75) is 58.6 Å². The van der Waals surface area contributed by atoms with Gasteiger partial charge >= 0.3 is 0 Å². The number of hydrogen-bond donors (Lipinski definition) is 0. The molecule has 2 aromatic carbocycles. The Morgan fingerprint density at radius 1 is 1.09 bits per heavy atom. The second kappa shape index (κ2) is 11.2. The third kappa shape index (κ3) is 5.61. The van der Waals surface area contributed by atoms with Gasteiger partial charge in [0, 0.05) is 36.4 Å². The maximum Gasteiger partial charge on any atom is 0.266 e. The molecule has 1 amide bonds. The summed E-state index contributed by atoms with van der Waals surface area (Å²) >= 11 is 7.03. The lowest BCUT2D eigenvalue weighted by atomic mass is 9.94. The zero-order valence-corrected chi connectivity index (χ0v) is 21.1. The molecule has 1 heterocycles. The van der Waals surface area contributed by atoms with E-state index >= 15 is 0 Å². The molecule has 4 rings (SSSR count). The summed E-state index contributed by atoms with van der Waals surface area (Å²) in [6, 6.07) is 16.7. The van der Waals surface area contributed by atoms with Crippen molar-refractivity contribution in [2.24, 2.45) is 0 Å². The van der Waals surface area contributed by atoms with Crippen LogP contribution in [0.15, 0.2) is 53.4 Å². The molecule has 0 N–H and O–H groups in total. The van der Waals surface area contributed by atoms with Crippen molar-refractivity contribution in [3.8, 4) is 5.75 Å². The zero-order chi connectivity index (χ0) is 23.2. The van der Waals surface area contributed by atoms with Crippen LogP contribution in [0.5, 0.6) is 5.75 Å². The van der Waals surface area contributed by atoms with Gasteiger partial charge in [-0.2, -0.15) is 0 Å². The summed E-state index contributed by atoms with van der Waals surface area (Å²) in [6.07, 6.45) is 7.64. The molecule has 33 heavy (non-hydrogen) atoms. The monoisotopic (exact) mass is 480 g/mol. The SMILES string of the molecule is CCN(CC)c1ccc(/C=C2\SC(=S)N(C3CCCCC3)C2=O)c(OCc2ccccc2)c1. The number of thiocarbonyl (C=S) groups is 1. The third-order valence-electron chi connectivity index (χ3n) is 6.41. The molecule has 0 unspecified atom stereocenters. The van der Waals surface area contributed by atoms with Crippen LogP contribution in [0.3, 0.4) is 0 Å². The molecular weight excluding hydrogens is 448 g/mol. The molecule has 2 fully saturated rings. The van der Waals surface area contributed by atoms with Crippen LogP contribution in [0, 0.1) is 0 Å². The van der Waals surface area contributed by atoms with Crippen LogP contribution >= 0.6 is 24.0 Å². The van der Waals surface area contributed by atoms with E-state index in [2.05, 4.69) is 49.1 Å². The number of ether oxygens (including phenoxy) is 1. The van der Waals surface area contributed by atoms with Crippen molar-refractivity contribution in [1.29, 1.82) is 0 Å². The first kappa shape index (κ1) is 23.8. The summed E-state index contributed by atoms with van der Waals surface area (Å²) in [4.78, 5) is 18.1. The predicted molar refractivity (Wildman–Crippen MR) is 143 cm³/mol. The van der Waals surface area contributed by atoms with Crippen LogP contribution in [0.1, 0.15) is 57.1 Å². The van der Waals surface area contributed by atoms with Gasteiger partial charge < -0.3 is 9.64 Å². The van der Waals surface area contributed by atoms with E-state index in [9.17, 15) is 4.79 Å². The van der Waals surface area contributed by atoms with E-state index in [1.807, 2.05) is 29.2 Å². The molecule has 0 spiro atoms. The first-order chi connectivity index (χ1) is 16.1. The molecule has 1 saturated carbocycles. The minimum absolute atomic E-state index is 0.0405. The van der Waals surface area contributed by atoms with Crippen molar-refractivity contribution in [3.63, 3.8) is 0 Å². The average Bonchev–Trinajstić information content (AvgIpc) is 3.13. The summed E-state index contributed by atoms with van der Waals surface area (Å²) in [5.41, 5.74) is 3.14. The molecule has 0 bridgehead atoms. The Bertz CT molecular complexity index is 1010. The minimum Gasteiger partial charge on any atom is -0.488 e. The number of nitrogens with zero attached hydrogens (tertiary/aromatic N) is 2. The van der Waals surface area contributed by atoms with Gasteiger partial charge in [-0.15, -0.1) is 0 Å². The number of thioether (sulfide) groups is 1.